The lowest BCUT2D eigenvalue weighted by atomic mass is 10.0. The van der Waals surface area contributed by atoms with Crippen LogP contribution in [0.4, 0.5) is 0 Å². The van der Waals surface area contributed by atoms with Crippen LogP contribution in [0.25, 0.3) is 0 Å². The van der Waals surface area contributed by atoms with E-state index in [0.29, 0.717) is 13.0 Å². The highest BCUT2D eigenvalue weighted by molar-refractivity contribution is 7.89. The van der Waals surface area contributed by atoms with Gasteiger partial charge in [-0.15, -0.1) is 0 Å². The van der Waals surface area contributed by atoms with Gasteiger partial charge in [-0.3, -0.25) is 0 Å². The van der Waals surface area contributed by atoms with Gasteiger partial charge in [-0.1, -0.05) is 17.6 Å². The van der Waals surface area contributed by atoms with Crippen LogP contribution in [0, 0.1) is 13.8 Å². The smallest absolute Gasteiger partial charge is 0.243 e. The lowest BCUT2D eigenvalue weighted by Gasteiger charge is -2.33. The number of hydrogen-bond donors (Lipinski definition) is 2. The highest BCUT2D eigenvalue weighted by Crippen LogP contribution is 2.26. The number of sulfonamides is 1. The highest BCUT2D eigenvalue weighted by atomic mass is 32.2. The Morgan fingerprint density at radius 2 is 2.05 bits per heavy atom. The Hall–Kier alpha value is -1.60. The van der Waals surface area contributed by atoms with Gasteiger partial charge in [0.15, 0.2) is 5.84 Å². The zero-order valence-corrected chi connectivity index (χ0v) is 13.1. The number of amidine groups is 1. The third kappa shape index (κ3) is 3.03. The Morgan fingerprint density at radius 1 is 1.33 bits per heavy atom. The Labute approximate surface area is 125 Å². The zero-order chi connectivity index (χ0) is 15.6. The standard InChI is InChI=1S/C14H21N3O3S/c1-10-6-7-12(9-11(10)2)21(19,20)17-8-4-3-5-13(17)14(15)16-18/h6-7,9,13,18H,3-5,8H2,1-2H3,(H2,15,16). The van der Waals surface area contributed by atoms with Crippen LogP contribution in [0.5, 0.6) is 0 Å². The van der Waals surface area contributed by atoms with E-state index in [1.165, 1.54) is 4.31 Å². The van der Waals surface area contributed by atoms with Gasteiger partial charge in [0.1, 0.15) is 0 Å². The lowest BCUT2D eigenvalue weighted by molar-refractivity contribution is 0.281. The normalized spacial score (nSPS) is 21.4. The molecule has 1 aromatic rings. The first-order valence-electron chi connectivity index (χ1n) is 6.94. The molecule has 0 spiro atoms. The predicted molar refractivity (Wildman–Crippen MR) is 80.9 cm³/mol. The number of benzene rings is 1. The molecule has 0 radical (unpaired) electrons. The van der Waals surface area contributed by atoms with E-state index in [4.69, 9.17) is 10.9 Å². The summed E-state index contributed by atoms with van der Waals surface area (Å²) in [4.78, 5) is 0.253. The average Bonchev–Trinajstić information content (AvgIpc) is 2.49. The summed E-state index contributed by atoms with van der Waals surface area (Å²) in [6.07, 6.45) is 2.21. The zero-order valence-electron chi connectivity index (χ0n) is 12.3. The second-order valence-corrected chi connectivity index (χ2v) is 7.29. The molecule has 1 aliphatic heterocycles. The van der Waals surface area contributed by atoms with Crippen molar-refractivity contribution in [3.63, 3.8) is 0 Å². The topological polar surface area (TPSA) is 96.0 Å². The molecule has 2 rings (SSSR count). The number of piperidine rings is 1. The average molecular weight is 311 g/mol. The first-order valence-corrected chi connectivity index (χ1v) is 8.38. The lowest BCUT2D eigenvalue weighted by Crippen LogP contribution is -2.50. The maximum atomic E-state index is 12.8. The summed E-state index contributed by atoms with van der Waals surface area (Å²) in [5, 5.41) is 11.9. The molecule has 0 saturated carbocycles. The van der Waals surface area contributed by atoms with Crippen LogP contribution >= 0.6 is 0 Å². The van der Waals surface area contributed by atoms with E-state index in [-0.39, 0.29) is 10.7 Å². The van der Waals surface area contributed by atoms with Crippen molar-refractivity contribution in [1.82, 2.24) is 4.31 Å². The van der Waals surface area contributed by atoms with Crippen LogP contribution in [0.15, 0.2) is 28.3 Å². The van der Waals surface area contributed by atoms with Crippen molar-refractivity contribution in [3.8, 4) is 0 Å². The van der Waals surface area contributed by atoms with Crippen LogP contribution in [0.1, 0.15) is 30.4 Å². The molecular weight excluding hydrogens is 290 g/mol. The van der Waals surface area contributed by atoms with E-state index in [1.807, 2.05) is 13.8 Å². The maximum absolute atomic E-state index is 12.8. The minimum atomic E-state index is -3.64. The third-order valence-electron chi connectivity index (χ3n) is 4.00. The fourth-order valence-electron chi connectivity index (χ4n) is 2.56. The number of nitrogens with two attached hydrogens (primary N) is 1. The molecule has 6 nitrogen and oxygen atoms in total. The van der Waals surface area contributed by atoms with Crippen molar-refractivity contribution in [2.75, 3.05) is 6.54 Å². The van der Waals surface area contributed by atoms with Gasteiger partial charge in [0.05, 0.1) is 10.9 Å². The van der Waals surface area contributed by atoms with Crippen molar-refractivity contribution in [3.05, 3.63) is 29.3 Å². The Balaban J connectivity index is 2.42. The summed E-state index contributed by atoms with van der Waals surface area (Å²) in [5.41, 5.74) is 7.63. The summed E-state index contributed by atoms with van der Waals surface area (Å²) in [6, 6.07) is 4.50. The number of oxime groups is 1. The minimum Gasteiger partial charge on any atom is -0.409 e. The Morgan fingerprint density at radius 3 is 2.67 bits per heavy atom. The number of hydrogen-bond acceptors (Lipinski definition) is 4. The third-order valence-corrected chi connectivity index (χ3v) is 5.90. The molecule has 0 amide bonds. The number of nitrogens with zero attached hydrogens (tertiary/aromatic N) is 2. The largest absolute Gasteiger partial charge is 0.409 e. The van der Waals surface area contributed by atoms with Crippen LogP contribution in [-0.2, 0) is 10.0 Å². The van der Waals surface area contributed by atoms with Gasteiger partial charge in [0, 0.05) is 6.54 Å². The molecular formula is C14H21N3O3S. The van der Waals surface area contributed by atoms with E-state index >= 15 is 0 Å². The van der Waals surface area contributed by atoms with Crippen molar-refractivity contribution in [2.45, 2.75) is 44.0 Å². The SMILES string of the molecule is Cc1ccc(S(=O)(=O)N2CCCCC2C(N)=NO)cc1C. The van der Waals surface area contributed by atoms with Crippen molar-refractivity contribution < 1.29 is 13.6 Å². The molecule has 1 unspecified atom stereocenters. The molecule has 1 aliphatic rings. The van der Waals surface area contributed by atoms with Crippen molar-refractivity contribution in [1.29, 1.82) is 0 Å². The van der Waals surface area contributed by atoms with Gasteiger partial charge in [0.25, 0.3) is 0 Å². The predicted octanol–water partition coefficient (Wildman–Crippen LogP) is 1.59. The van der Waals surface area contributed by atoms with Crippen molar-refractivity contribution >= 4 is 15.9 Å². The van der Waals surface area contributed by atoms with E-state index in [1.54, 1.807) is 18.2 Å². The monoisotopic (exact) mass is 311 g/mol. The first kappa shape index (κ1) is 15.8. The van der Waals surface area contributed by atoms with E-state index < -0.39 is 16.1 Å². The van der Waals surface area contributed by atoms with Gasteiger partial charge < -0.3 is 10.9 Å². The van der Waals surface area contributed by atoms with E-state index in [2.05, 4.69) is 5.16 Å². The highest BCUT2D eigenvalue weighted by Gasteiger charge is 2.35. The van der Waals surface area contributed by atoms with E-state index in [0.717, 1.165) is 24.0 Å². The second kappa shape index (κ2) is 6.03. The minimum absolute atomic E-state index is 0.0536. The molecule has 1 fully saturated rings. The number of rotatable bonds is 3. The summed E-state index contributed by atoms with van der Waals surface area (Å²) in [7, 11) is -3.64. The van der Waals surface area contributed by atoms with Gasteiger partial charge in [-0.05, 0) is 49.9 Å². The molecule has 1 saturated heterocycles. The molecule has 1 atom stereocenters. The van der Waals surface area contributed by atoms with Gasteiger partial charge in [-0.2, -0.15) is 4.31 Å². The second-order valence-electron chi connectivity index (χ2n) is 5.40. The number of aryl methyl sites for hydroxylation is 2. The van der Waals surface area contributed by atoms with Gasteiger partial charge >= 0.3 is 0 Å². The Bertz CT molecular complexity index is 655. The maximum Gasteiger partial charge on any atom is 0.243 e. The summed E-state index contributed by atoms with van der Waals surface area (Å²) < 4.78 is 27.0. The molecule has 0 bridgehead atoms. The molecule has 3 N–H and O–H groups in total. The van der Waals surface area contributed by atoms with Gasteiger partial charge in [-0.25, -0.2) is 8.42 Å². The summed E-state index contributed by atoms with van der Waals surface area (Å²) in [6.45, 7) is 4.20. The first-order chi connectivity index (χ1) is 9.87. The molecule has 116 valence electrons. The summed E-state index contributed by atoms with van der Waals surface area (Å²) >= 11 is 0. The molecule has 1 heterocycles. The van der Waals surface area contributed by atoms with Crippen molar-refractivity contribution in [2.24, 2.45) is 10.9 Å². The van der Waals surface area contributed by atoms with E-state index in [9.17, 15) is 8.42 Å². The Kier molecular flexibility index (Phi) is 4.53. The summed E-state index contributed by atoms with van der Waals surface area (Å²) in [5.74, 6) is -0.0536. The van der Waals surface area contributed by atoms with Crippen LogP contribution in [0.3, 0.4) is 0 Å². The molecule has 0 aromatic heterocycles. The van der Waals surface area contributed by atoms with Crippen LogP contribution < -0.4 is 5.73 Å². The van der Waals surface area contributed by atoms with Gasteiger partial charge in [0.2, 0.25) is 10.0 Å². The fourth-order valence-corrected chi connectivity index (χ4v) is 4.32. The molecule has 1 aromatic carbocycles. The molecule has 0 aliphatic carbocycles. The van der Waals surface area contributed by atoms with Crippen LogP contribution in [-0.4, -0.2) is 36.4 Å². The molecule has 7 heteroatoms. The quantitative estimate of drug-likeness (QED) is 0.383. The van der Waals surface area contributed by atoms with Crippen LogP contribution in [0.2, 0.25) is 0 Å². The fraction of sp³-hybridized carbons (Fsp3) is 0.500. The molecule has 21 heavy (non-hydrogen) atoms.